The number of amides is 2. The van der Waals surface area contributed by atoms with Crippen LogP contribution in [0.5, 0.6) is 5.75 Å². The van der Waals surface area contributed by atoms with E-state index in [1.807, 2.05) is 30.3 Å². The van der Waals surface area contributed by atoms with Crippen molar-refractivity contribution in [1.82, 2.24) is 15.5 Å². The third-order valence-electron chi connectivity index (χ3n) is 7.98. The number of carbonyl (C=O) groups excluding carboxylic acids is 2. The molecule has 2 aromatic rings. The van der Waals surface area contributed by atoms with Crippen LogP contribution in [0.25, 0.3) is 0 Å². The van der Waals surface area contributed by atoms with E-state index in [4.69, 9.17) is 0 Å². The van der Waals surface area contributed by atoms with Crippen molar-refractivity contribution in [2.45, 2.75) is 62.1 Å². The lowest BCUT2D eigenvalue weighted by molar-refractivity contribution is -0.130. The molecule has 1 heterocycles. The first kappa shape index (κ1) is 27.5. The standard InChI is InChI=1S/C29H39N3O4S/c1-19-23(13-8-14-26(19)33)28(35)31-24(18-37-22-11-4-3-5-12-22)27(34)17-32-16-21-10-7-6-9-20(21)15-25(32)29(36)30-2/h3-5,8,11-14,20-21,24-25,27,33-34H,6-7,9-10,15-18H2,1-2H3,(H,30,36)(H,31,35). The number of aliphatic hydroxyl groups is 1. The van der Waals surface area contributed by atoms with E-state index < -0.39 is 12.1 Å². The van der Waals surface area contributed by atoms with E-state index in [9.17, 15) is 19.8 Å². The van der Waals surface area contributed by atoms with E-state index in [1.165, 1.54) is 25.7 Å². The summed E-state index contributed by atoms with van der Waals surface area (Å²) in [7, 11) is 1.67. The van der Waals surface area contributed by atoms with Gasteiger partial charge in [0.05, 0.1) is 18.2 Å². The highest BCUT2D eigenvalue weighted by Gasteiger charge is 2.41. The summed E-state index contributed by atoms with van der Waals surface area (Å²) in [6.45, 7) is 2.80. The molecule has 0 bridgehead atoms. The number of β-amino-alcohol motifs (C(OH)–C–C–N with tert-alkyl or cyclic N) is 1. The fourth-order valence-corrected chi connectivity index (χ4v) is 6.80. The molecule has 1 aliphatic heterocycles. The Morgan fingerprint density at radius 3 is 2.54 bits per heavy atom. The number of likely N-dealkylation sites (tertiary alicyclic amines) is 1. The summed E-state index contributed by atoms with van der Waals surface area (Å²) < 4.78 is 0. The summed E-state index contributed by atoms with van der Waals surface area (Å²) in [5, 5.41) is 27.4. The fourth-order valence-electron chi connectivity index (χ4n) is 5.78. The molecule has 4 rings (SSSR count). The quantitative estimate of drug-likeness (QED) is 0.374. The van der Waals surface area contributed by atoms with Crippen molar-refractivity contribution < 1.29 is 19.8 Å². The molecule has 1 saturated heterocycles. The summed E-state index contributed by atoms with van der Waals surface area (Å²) in [4.78, 5) is 29.2. The molecule has 2 aliphatic rings. The second-order valence-corrected chi connectivity index (χ2v) is 11.4. The summed E-state index contributed by atoms with van der Waals surface area (Å²) in [5.74, 6) is 1.29. The number of piperidine rings is 1. The third kappa shape index (κ3) is 6.86. The third-order valence-corrected chi connectivity index (χ3v) is 9.11. The van der Waals surface area contributed by atoms with Crippen LogP contribution in [0.2, 0.25) is 0 Å². The molecule has 5 atom stereocenters. The van der Waals surface area contributed by atoms with Crippen LogP contribution >= 0.6 is 11.8 Å². The van der Waals surface area contributed by atoms with Crippen LogP contribution in [-0.4, -0.2) is 71.0 Å². The molecular weight excluding hydrogens is 486 g/mol. The van der Waals surface area contributed by atoms with Crippen molar-refractivity contribution in [3.8, 4) is 5.75 Å². The molecule has 37 heavy (non-hydrogen) atoms. The summed E-state index contributed by atoms with van der Waals surface area (Å²) in [5.41, 5.74) is 0.885. The van der Waals surface area contributed by atoms with Gasteiger partial charge in [-0.05, 0) is 55.9 Å². The predicted molar refractivity (Wildman–Crippen MR) is 147 cm³/mol. The normalized spacial score (nSPS) is 23.5. The van der Waals surface area contributed by atoms with Gasteiger partial charge < -0.3 is 20.8 Å². The second kappa shape index (κ2) is 12.8. The fraction of sp³-hybridized carbons (Fsp3) is 0.517. The number of phenols is 1. The molecule has 2 fully saturated rings. The molecule has 4 N–H and O–H groups in total. The van der Waals surface area contributed by atoms with Gasteiger partial charge in [0.2, 0.25) is 5.91 Å². The minimum atomic E-state index is -0.870. The first-order valence-corrected chi connectivity index (χ1v) is 14.3. The van der Waals surface area contributed by atoms with Gasteiger partial charge in [0, 0.05) is 41.9 Å². The van der Waals surface area contributed by atoms with Crippen LogP contribution in [0.4, 0.5) is 0 Å². The van der Waals surface area contributed by atoms with E-state index >= 15 is 0 Å². The Hall–Kier alpha value is -2.55. The highest BCUT2D eigenvalue weighted by Crippen LogP contribution is 2.38. The number of rotatable bonds is 9. The maximum absolute atomic E-state index is 13.2. The lowest BCUT2D eigenvalue weighted by atomic mass is 9.72. The van der Waals surface area contributed by atoms with E-state index in [0.29, 0.717) is 35.3 Å². The number of aliphatic hydroxyl groups excluding tert-OH is 1. The van der Waals surface area contributed by atoms with Gasteiger partial charge >= 0.3 is 0 Å². The zero-order valence-electron chi connectivity index (χ0n) is 21.7. The molecule has 1 saturated carbocycles. The molecule has 0 spiro atoms. The summed E-state index contributed by atoms with van der Waals surface area (Å²) in [6, 6.07) is 13.9. The number of nitrogens with zero attached hydrogens (tertiary/aromatic N) is 1. The predicted octanol–water partition coefficient (Wildman–Crippen LogP) is 3.58. The number of nitrogens with one attached hydrogen (secondary N) is 2. The maximum Gasteiger partial charge on any atom is 0.252 e. The number of thioether (sulfide) groups is 1. The van der Waals surface area contributed by atoms with Crippen LogP contribution in [-0.2, 0) is 4.79 Å². The van der Waals surface area contributed by atoms with Gasteiger partial charge in [-0.2, -0.15) is 0 Å². The maximum atomic E-state index is 13.2. The van der Waals surface area contributed by atoms with E-state index in [1.54, 1.807) is 43.9 Å². The Kier molecular flexibility index (Phi) is 9.51. The molecule has 8 heteroatoms. The highest BCUT2D eigenvalue weighted by atomic mass is 32.2. The number of benzene rings is 2. The number of fused-ring (bicyclic) bond motifs is 1. The van der Waals surface area contributed by atoms with Crippen LogP contribution in [0.15, 0.2) is 53.4 Å². The lowest BCUT2D eigenvalue weighted by Gasteiger charge is -2.46. The minimum absolute atomic E-state index is 0.00847. The molecule has 0 aromatic heterocycles. The molecule has 200 valence electrons. The van der Waals surface area contributed by atoms with Crippen molar-refractivity contribution in [2.75, 3.05) is 25.9 Å². The Morgan fingerprint density at radius 1 is 1.08 bits per heavy atom. The van der Waals surface area contributed by atoms with E-state index in [-0.39, 0.29) is 23.6 Å². The zero-order chi connectivity index (χ0) is 26.4. The summed E-state index contributed by atoms with van der Waals surface area (Å²) in [6.07, 6.45) is 4.73. The molecule has 2 aromatic carbocycles. The van der Waals surface area contributed by atoms with Crippen molar-refractivity contribution in [1.29, 1.82) is 0 Å². The van der Waals surface area contributed by atoms with Crippen LogP contribution < -0.4 is 10.6 Å². The number of carbonyl (C=O) groups is 2. The minimum Gasteiger partial charge on any atom is -0.508 e. The monoisotopic (exact) mass is 525 g/mol. The molecule has 2 amide bonds. The van der Waals surface area contributed by atoms with Gasteiger partial charge in [0.1, 0.15) is 5.75 Å². The van der Waals surface area contributed by atoms with E-state index in [2.05, 4.69) is 15.5 Å². The topological polar surface area (TPSA) is 102 Å². The van der Waals surface area contributed by atoms with Gasteiger partial charge in [-0.3, -0.25) is 14.5 Å². The first-order valence-electron chi connectivity index (χ1n) is 13.3. The highest BCUT2D eigenvalue weighted by molar-refractivity contribution is 7.99. The molecular formula is C29H39N3O4S. The van der Waals surface area contributed by atoms with Crippen molar-refractivity contribution in [3.63, 3.8) is 0 Å². The SMILES string of the molecule is CNC(=O)C1CC2CCCCC2CN1CC(O)C(CSc1ccccc1)NC(=O)c1cccc(O)c1C. The van der Waals surface area contributed by atoms with Crippen molar-refractivity contribution >= 4 is 23.6 Å². The zero-order valence-corrected chi connectivity index (χ0v) is 22.5. The Balaban J connectivity index is 1.51. The van der Waals surface area contributed by atoms with E-state index in [0.717, 1.165) is 17.9 Å². The second-order valence-electron chi connectivity index (χ2n) is 10.3. The Labute approximate surface area is 224 Å². The molecule has 1 aliphatic carbocycles. The average Bonchev–Trinajstić information content (AvgIpc) is 2.92. The molecule has 5 unspecified atom stereocenters. The smallest absolute Gasteiger partial charge is 0.252 e. The number of aromatic hydroxyl groups is 1. The number of hydrogen-bond acceptors (Lipinski definition) is 6. The summed E-state index contributed by atoms with van der Waals surface area (Å²) >= 11 is 1.57. The number of phenolic OH excluding ortho intramolecular Hbond substituents is 1. The lowest BCUT2D eigenvalue weighted by Crippen LogP contribution is -2.58. The number of likely N-dealkylation sites (N-methyl/N-ethyl adjacent to an activating group) is 1. The van der Waals surface area contributed by atoms with Crippen molar-refractivity contribution in [2.24, 2.45) is 11.8 Å². The average molecular weight is 526 g/mol. The Morgan fingerprint density at radius 2 is 1.81 bits per heavy atom. The molecule has 0 radical (unpaired) electrons. The van der Waals surface area contributed by atoms with Gasteiger partial charge in [-0.25, -0.2) is 0 Å². The van der Waals surface area contributed by atoms with Crippen molar-refractivity contribution in [3.05, 3.63) is 59.7 Å². The first-order chi connectivity index (χ1) is 17.9. The van der Waals surface area contributed by atoms with Crippen LogP contribution in [0, 0.1) is 18.8 Å². The molecule has 7 nitrogen and oxygen atoms in total. The van der Waals surface area contributed by atoms with Gasteiger partial charge in [0.15, 0.2) is 0 Å². The van der Waals surface area contributed by atoms with Crippen LogP contribution in [0.3, 0.4) is 0 Å². The van der Waals surface area contributed by atoms with Gasteiger partial charge in [-0.15, -0.1) is 11.8 Å². The van der Waals surface area contributed by atoms with Gasteiger partial charge in [-0.1, -0.05) is 43.5 Å². The Bertz CT molecular complexity index is 1070. The largest absolute Gasteiger partial charge is 0.508 e. The number of hydrogen-bond donors (Lipinski definition) is 4. The van der Waals surface area contributed by atoms with Gasteiger partial charge in [0.25, 0.3) is 5.91 Å². The van der Waals surface area contributed by atoms with Crippen LogP contribution in [0.1, 0.15) is 48.0 Å².